The summed E-state index contributed by atoms with van der Waals surface area (Å²) in [6.45, 7) is 0.239. The fourth-order valence-corrected chi connectivity index (χ4v) is 1.20. The third kappa shape index (κ3) is 2.21. The van der Waals surface area contributed by atoms with E-state index in [-0.39, 0.29) is 18.5 Å². The minimum absolute atomic E-state index is 0.239. The molecule has 0 amide bonds. The molecule has 0 saturated carbocycles. The minimum Gasteiger partial charge on any atom is -0.330 e. The second-order valence-electron chi connectivity index (χ2n) is 2.65. The average Bonchev–Trinajstić information content (AvgIpc) is 2.04. The Hall–Kier alpha value is -1.03. The van der Waals surface area contributed by atoms with Crippen LogP contribution in [0.15, 0.2) is 18.2 Å². The van der Waals surface area contributed by atoms with E-state index in [2.05, 4.69) is 0 Å². The van der Waals surface area contributed by atoms with Crippen molar-refractivity contribution in [3.05, 3.63) is 35.1 Å². The van der Waals surface area contributed by atoms with Crippen LogP contribution in [-0.4, -0.2) is 6.54 Å². The molecule has 2 N–H and O–H groups in total. The molecule has 0 aliphatic carbocycles. The maximum absolute atomic E-state index is 12.9. The molecule has 13 heavy (non-hydrogen) atoms. The molecule has 1 nitrogen and oxygen atoms in total. The van der Waals surface area contributed by atoms with E-state index >= 15 is 0 Å². The van der Waals surface area contributed by atoms with E-state index in [0.29, 0.717) is 0 Å². The summed E-state index contributed by atoms with van der Waals surface area (Å²) in [5, 5.41) is 0. The maximum atomic E-state index is 12.9. The Bertz CT molecular complexity index is 286. The number of benzene rings is 1. The standard InChI is InChI=1S/C9H10F3N/c10-7-3-1-2-6(4-5-13)8(7)9(11)12/h1-3,9H,4-5,13H2. The van der Waals surface area contributed by atoms with Crippen molar-refractivity contribution in [3.8, 4) is 0 Å². The van der Waals surface area contributed by atoms with E-state index in [4.69, 9.17) is 5.73 Å². The van der Waals surface area contributed by atoms with Crippen LogP contribution in [0.3, 0.4) is 0 Å². The number of halogens is 3. The first kappa shape index (κ1) is 10.1. The minimum atomic E-state index is -2.78. The van der Waals surface area contributed by atoms with Crippen LogP contribution in [0.2, 0.25) is 0 Å². The van der Waals surface area contributed by atoms with Crippen molar-refractivity contribution in [2.24, 2.45) is 5.73 Å². The lowest BCUT2D eigenvalue weighted by molar-refractivity contribution is 0.145. The molecule has 0 spiro atoms. The van der Waals surface area contributed by atoms with Crippen LogP contribution < -0.4 is 5.73 Å². The predicted molar refractivity (Wildman–Crippen MR) is 44.1 cm³/mol. The van der Waals surface area contributed by atoms with E-state index in [1.807, 2.05) is 0 Å². The monoisotopic (exact) mass is 189 g/mol. The van der Waals surface area contributed by atoms with E-state index < -0.39 is 17.8 Å². The van der Waals surface area contributed by atoms with Gasteiger partial charge in [0, 0.05) is 0 Å². The number of nitrogens with two attached hydrogens (primary N) is 1. The quantitative estimate of drug-likeness (QED) is 0.775. The average molecular weight is 189 g/mol. The molecule has 72 valence electrons. The van der Waals surface area contributed by atoms with Crippen molar-refractivity contribution in [2.45, 2.75) is 12.8 Å². The highest BCUT2D eigenvalue weighted by Gasteiger charge is 2.16. The predicted octanol–water partition coefficient (Wildman–Crippen LogP) is 2.26. The normalized spacial score (nSPS) is 10.8. The van der Waals surface area contributed by atoms with Gasteiger partial charge in [0.15, 0.2) is 0 Å². The van der Waals surface area contributed by atoms with Gasteiger partial charge in [-0.1, -0.05) is 12.1 Å². The van der Waals surface area contributed by atoms with Crippen LogP contribution >= 0.6 is 0 Å². The fraction of sp³-hybridized carbons (Fsp3) is 0.333. The SMILES string of the molecule is NCCc1cccc(F)c1C(F)F. The summed E-state index contributed by atoms with van der Waals surface area (Å²) < 4.78 is 37.6. The molecule has 0 heterocycles. The summed E-state index contributed by atoms with van der Waals surface area (Å²) in [5.41, 5.74) is 4.98. The lowest BCUT2D eigenvalue weighted by Gasteiger charge is -2.08. The largest absolute Gasteiger partial charge is 0.330 e. The van der Waals surface area contributed by atoms with Crippen molar-refractivity contribution < 1.29 is 13.2 Å². The third-order valence-electron chi connectivity index (χ3n) is 1.78. The number of alkyl halides is 2. The van der Waals surface area contributed by atoms with Crippen molar-refractivity contribution >= 4 is 0 Å². The molecule has 0 fully saturated rings. The number of hydrogen-bond donors (Lipinski definition) is 1. The summed E-state index contributed by atoms with van der Waals surface area (Å²) in [5.74, 6) is -0.860. The summed E-state index contributed by atoms with van der Waals surface area (Å²) in [7, 11) is 0. The molecule has 0 atom stereocenters. The Morgan fingerprint density at radius 2 is 2.00 bits per heavy atom. The van der Waals surface area contributed by atoms with Crippen molar-refractivity contribution in [2.75, 3.05) is 6.54 Å². The maximum Gasteiger partial charge on any atom is 0.266 e. The van der Waals surface area contributed by atoms with Crippen molar-refractivity contribution in [1.29, 1.82) is 0 Å². The zero-order chi connectivity index (χ0) is 9.84. The molecule has 0 radical (unpaired) electrons. The molecule has 0 unspecified atom stereocenters. The first-order valence-electron chi connectivity index (χ1n) is 3.92. The first-order valence-corrected chi connectivity index (χ1v) is 3.92. The summed E-state index contributed by atoms with van der Waals surface area (Å²) in [6.07, 6.45) is -2.50. The summed E-state index contributed by atoms with van der Waals surface area (Å²) in [4.78, 5) is 0. The molecule has 1 aromatic rings. The van der Waals surface area contributed by atoms with Crippen LogP contribution in [0.1, 0.15) is 17.6 Å². The van der Waals surface area contributed by atoms with Gasteiger partial charge in [-0.2, -0.15) is 0 Å². The second-order valence-corrected chi connectivity index (χ2v) is 2.65. The first-order chi connectivity index (χ1) is 6.16. The van der Waals surface area contributed by atoms with E-state index in [1.54, 1.807) is 0 Å². The molecular weight excluding hydrogens is 179 g/mol. The van der Waals surface area contributed by atoms with E-state index in [1.165, 1.54) is 12.1 Å². The van der Waals surface area contributed by atoms with E-state index in [9.17, 15) is 13.2 Å². The molecule has 1 rings (SSSR count). The van der Waals surface area contributed by atoms with Gasteiger partial charge in [-0.3, -0.25) is 0 Å². The van der Waals surface area contributed by atoms with Gasteiger partial charge in [0.25, 0.3) is 6.43 Å². The lowest BCUT2D eigenvalue weighted by atomic mass is 10.0. The summed E-state index contributed by atoms with van der Waals surface area (Å²) >= 11 is 0. The van der Waals surface area contributed by atoms with Gasteiger partial charge in [-0.25, -0.2) is 13.2 Å². The molecule has 0 aliphatic rings. The number of hydrogen-bond acceptors (Lipinski definition) is 1. The van der Waals surface area contributed by atoms with Gasteiger partial charge >= 0.3 is 0 Å². The van der Waals surface area contributed by atoms with Crippen molar-refractivity contribution in [3.63, 3.8) is 0 Å². The summed E-state index contributed by atoms with van der Waals surface area (Å²) in [6, 6.07) is 3.91. The highest BCUT2D eigenvalue weighted by Crippen LogP contribution is 2.25. The topological polar surface area (TPSA) is 26.0 Å². The molecule has 0 bridgehead atoms. The van der Waals surface area contributed by atoms with Gasteiger partial charge in [-0.15, -0.1) is 0 Å². The van der Waals surface area contributed by atoms with Gasteiger partial charge in [0.1, 0.15) is 5.82 Å². The van der Waals surface area contributed by atoms with Crippen LogP contribution in [0, 0.1) is 5.82 Å². The Labute approximate surface area is 74.4 Å². The third-order valence-corrected chi connectivity index (χ3v) is 1.78. The zero-order valence-electron chi connectivity index (χ0n) is 6.93. The Kier molecular flexibility index (Phi) is 3.31. The molecule has 0 aliphatic heterocycles. The second kappa shape index (κ2) is 4.28. The fourth-order valence-electron chi connectivity index (χ4n) is 1.20. The molecular formula is C9H10F3N. The van der Waals surface area contributed by atoms with E-state index in [0.717, 1.165) is 6.07 Å². The Morgan fingerprint density at radius 1 is 1.31 bits per heavy atom. The highest BCUT2D eigenvalue weighted by molar-refractivity contribution is 5.29. The zero-order valence-corrected chi connectivity index (χ0v) is 6.93. The molecule has 0 saturated heterocycles. The smallest absolute Gasteiger partial charge is 0.266 e. The van der Waals surface area contributed by atoms with Crippen LogP contribution in [0.5, 0.6) is 0 Å². The van der Waals surface area contributed by atoms with Gasteiger partial charge in [-0.05, 0) is 24.6 Å². The molecule has 4 heteroatoms. The van der Waals surface area contributed by atoms with Crippen LogP contribution in [0.4, 0.5) is 13.2 Å². The van der Waals surface area contributed by atoms with Crippen LogP contribution in [0.25, 0.3) is 0 Å². The van der Waals surface area contributed by atoms with Crippen molar-refractivity contribution in [1.82, 2.24) is 0 Å². The Balaban J connectivity index is 3.10. The van der Waals surface area contributed by atoms with Gasteiger partial charge in [0.05, 0.1) is 5.56 Å². The highest BCUT2D eigenvalue weighted by atomic mass is 19.3. The Morgan fingerprint density at radius 3 is 2.54 bits per heavy atom. The number of rotatable bonds is 3. The van der Waals surface area contributed by atoms with Gasteiger partial charge in [0.2, 0.25) is 0 Å². The lowest BCUT2D eigenvalue weighted by Crippen LogP contribution is -2.06. The molecule has 0 aromatic heterocycles. The van der Waals surface area contributed by atoms with Crippen LogP contribution in [-0.2, 0) is 6.42 Å². The van der Waals surface area contributed by atoms with Gasteiger partial charge < -0.3 is 5.73 Å². The molecule has 1 aromatic carbocycles.